The molecule has 0 radical (unpaired) electrons. The minimum absolute atomic E-state index is 0.0463. The van der Waals surface area contributed by atoms with Crippen LogP contribution in [-0.4, -0.2) is 18.3 Å². The molecule has 0 aliphatic heterocycles. The molecule has 0 aliphatic rings. The van der Waals surface area contributed by atoms with Crippen LogP contribution >= 0.6 is 11.3 Å². The van der Waals surface area contributed by atoms with Crippen LogP contribution in [0.5, 0.6) is 5.75 Å². The summed E-state index contributed by atoms with van der Waals surface area (Å²) in [6.07, 6.45) is -3.68. The largest absolute Gasteiger partial charge is 0.493 e. The van der Waals surface area contributed by atoms with Crippen LogP contribution in [0.3, 0.4) is 0 Å². The summed E-state index contributed by atoms with van der Waals surface area (Å²) in [5, 5.41) is 5.72. The Morgan fingerprint density at radius 3 is 2.68 bits per heavy atom. The monoisotopic (exact) mass is 334 g/mol. The molecule has 5 nitrogen and oxygen atoms in total. The molecule has 1 aromatic heterocycles. The summed E-state index contributed by atoms with van der Waals surface area (Å²) in [5.74, 6) is -1.72. The lowest BCUT2D eigenvalue weighted by atomic mass is 10.1. The first-order valence-electron chi connectivity index (χ1n) is 5.76. The fourth-order valence-corrected chi connectivity index (χ4v) is 2.14. The number of alkyl halides is 3. The summed E-state index contributed by atoms with van der Waals surface area (Å²) in [7, 11) is 1.07. The number of aromatic nitrogens is 1. The first-order valence-corrected chi connectivity index (χ1v) is 6.64. The van der Waals surface area contributed by atoms with Crippen LogP contribution in [-0.2, 0) is 6.18 Å². The van der Waals surface area contributed by atoms with Crippen molar-refractivity contribution in [2.45, 2.75) is 6.18 Å². The van der Waals surface area contributed by atoms with E-state index >= 15 is 0 Å². The van der Waals surface area contributed by atoms with Gasteiger partial charge < -0.3 is 10.5 Å². The van der Waals surface area contributed by atoms with E-state index in [4.69, 9.17) is 10.5 Å². The number of hydrazone groups is 1. The Labute approximate surface area is 126 Å². The average molecular weight is 334 g/mol. The van der Waals surface area contributed by atoms with Gasteiger partial charge in [0.25, 0.3) is 0 Å². The Morgan fingerprint density at radius 2 is 2.14 bits per heavy atom. The van der Waals surface area contributed by atoms with Gasteiger partial charge in [0.15, 0.2) is 11.6 Å². The lowest BCUT2D eigenvalue weighted by Crippen LogP contribution is -2.10. The lowest BCUT2D eigenvalue weighted by Gasteiger charge is -2.12. The maximum atomic E-state index is 13.8. The van der Waals surface area contributed by atoms with E-state index < -0.39 is 23.3 Å². The van der Waals surface area contributed by atoms with Crippen molar-refractivity contribution in [2.24, 2.45) is 5.10 Å². The van der Waals surface area contributed by atoms with Gasteiger partial charge >= 0.3 is 6.18 Å². The molecule has 1 aromatic carbocycles. The average Bonchev–Trinajstić information content (AvgIpc) is 2.83. The van der Waals surface area contributed by atoms with E-state index in [1.54, 1.807) is 5.38 Å². The smallest absolute Gasteiger partial charge is 0.419 e. The SMILES string of the molecule is COc1c(C=NNc2nc(N)cs2)ccc(C(F)(F)F)c1F. The number of thiazole rings is 1. The summed E-state index contributed by atoms with van der Waals surface area (Å²) in [5.41, 5.74) is 6.59. The van der Waals surface area contributed by atoms with Crippen LogP contribution in [0.15, 0.2) is 22.6 Å². The maximum Gasteiger partial charge on any atom is 0.419 e. The van der Waals surface area contributed by atoms with Crippen molar-refractivity contribution in [2.75, 3.05) is 18.3 Å². The molecule has 0 spiro atoms. The molecule has 0 unspecified atom stereocenters. The molecular formula is C12H10F4N4OS. The molecule has 0 saturated heterocycles. The van der Waals surface area contributed by atoms with Crippen molar-refractivity contribution in [3.8, 4) is 5.75 Å². The van der Waals surface area contributed by atoms with Gasteiger partial charge in [0.05, 0.1) is 18.9 Å². The van der Waals surface area contributed by atoms with Crippen molar-refractivity contribution < 1.29 is 22.3 Å². The molecule has 22 heavy (non-hydrogen) atoms. The zero-order chi connectivity index (χ0) is 16.3. The summed E-state index contributed by atoms with van der Waals surface area (Å²) in [4.78, 5) is 3.87. The normalized spacial score (nSPS) is 11.9. The number of hydrogen-bond donors (Lipinski definition) is 2. The Bertz CT molecular complexity index is 699. The van der Waals surface area contributed by atoms with Crippen molar-refractivity contribution in [1.29, 1.82) is 0 Å². The number of methoxy groups -OCH3 is 1. The molecule has 2 aromatic rings. The number of nitrogen functional groups attached to an aromatic ring is 1. The third-order valence-corrected chi connectivity index (χ3v) is 3.29. The van der Waals surface area contributed by atoms with Gasteiger partial charge in [-0.15, -0.1) is 11.3 Å². The molecule has 0 amide bonds. The molecule has 0 fully saturated rings. The van der Waals surface area contributed by atoms with Gasteiger partial charge in [-0.3, -0.25) is 5.43 Å². The number of nitrogens with zero attached hydrogens (tertiary/aromatic N) is 2. The minimum atomic E-state index is -4.80. The number of benzene rings is 1. The van der Waals surface area contributed by atoms with Gasteiger partial charge in [0, 0.05) is 10.9 Å². The molecule has 10 heteroatoms. The van der Waals surface area contributed by atoms with Crippen LogP contribution in [0.1, 0.15) is 11.1 Å². The van der Waals surface area contributed by atoms with Crippen molar-refractivity contribution in [1.82, 2.24) is 4.98 Å². The second kappa shape index (κ2) is 6.18. The highest BCUT2D eigenvalue weighted by Gasteiger charge is 2.36. The van der Waals surface area contributed by atoms with E-state index in [0.29, 0.717) is 17.0 Å². The molecule has 0 bridgehead atoms. The fourth-order valence-electron chi connectivity index (χ4n) is 1.59. The van der Waals surface area contributed by atoms with E-state index in [2.05, 4.69) is 15.5 Å². The van der Waals surface area contributed by atoms with Gasteiger partial charge in [-0.1, -0.05) is 0 Å². The number of hydrogen-bond acceptors (Lipinski definition) is 6. The number of rotatable bonds is 4. The molecule has 0 saturated carbocycles. The number of anilines is 2. The van der Waals surface area contributed by atoms with Crippen molar-refractivity contribution in [3.05, 3.63) is 34.5 Å². The fraction of sp³-hybridized carbons (Fsp3) is 0.167. The molecule has 2 rings (SSSR count). The Balaban J connectivity index is 2.26. The molecule has 0 atom stereocenters. The highest BCUT2D eigenvalue weighted by Crippen LogP contribution is 2.36. The van der Waals surface area contributed by atoms with Crippen LogP contribution in [0.2, 0.25) is 0 Å². The van der Waals surface area contributed by atoms with Crippen LogP contribution in [0.4, 0.5) is 28.5 Å². The molecule has 0 aliphatic carbocycles. The Morgan fingerprint density at radius 1 is 1.41 bits per heavy atom. The zero-order valence-electron chi connectivity index (χ0n) is 11.1. The summed E-state index contributed by atoms with van der Waals surface area (Å²) >= 11 is 1.19. The lowest BCUT2D eigenvalue weighted by molar-refractivity contribution is -0.140. The predicted octanol–water partition coefficient (Wildman–Crippen LogP) is 3.34. The molecule has 118 valence electrons. The van der Waals surface area contributed by atoms with Crippen LogP contribution in [0.25, 0.3) is 0 Å². The maximum absolute atomic E-state index is 13.8. The van der Waals surface area contributed by atoms with Gasteiger partial charge in [-0.05, 0) is 12.1 Å². The highest BCUT2D eigenvalue weighted by molar-refractivity contribution is 7.14. The highest BCUT2D eigenvalue weighted by atomic mass is 32.1. The first kappa shape index (κ1) is 16.0. The molecule has 3 N–H and O–H groups in total. The molecule has 1 heterocycles. The zero-order valence-corrected chi connectivity index (χ0v) is 11.9. The van der Waals surface area contributed by atoms with E-state index in [0.717, 1.165) is 19.4 Å². The van der Waals surface area contributed by atoms with E-state index in [9.17, 15) is 17.6 Å². The quantitative estimate of drug-likeness (QED) is 0.511. The van der Waals surface area contributed by atoms with E-state index in [-0.39, 0.29) is 5.56 Å². The first-order chi connectivity index (χ1) is 10.3. The van der Waals surface area contributed by atoms with E-state index in [1.165, 1.54) is 11.3 Å². The third-order valence-electron chi connectivity index (χ3n) is 2.52. The predicted molar refractivity (Wildman–Crippen MR) is 75.7 cm³/mol. The minimum Gasteiger partial charge on any atom is -0.493 e. The number of halogens is 4. The second-order valence-corrected chi connectivity index (χ2v) is 4.85. The van der Waals surface area contributed by atoms with Crippen molar-refractivity contribution in [3.63, 3.8) is 0 Å². The number of nitrogens with two attached hydrogens (primary N) is 1. The van der Waals surface area contributed by atoms with Crippen molar-refractivity contribution >= 4 is 28.5 Å². The van der Waals surface area contributed by atoms with Gasteiger partial charge in [0.2, 0.25) is 5.13 Å². The van der Waals surface area contributed by atoms with Crippen LogP contribution < -0.4 is 15.9 Å². The topological polar surface area (TPSA) is 72.5 Å². The number of ether oxygens (including phenoxy) is 1. The molecular weight excluding hydrogens is 324 g/mol. The third kappa shape index (κ3) is 3.45. The summed E-state index contributed by atoms with van der Waals surface area (Å²) in [6.45, 7) is 0. The number of nitrogens with one attached hydrogen (secondary N) is 1. The van der Waals surface area contributed by atoms with Crippen LogP contribution in [0, 0.1) is 5.82 Å². The standard InChI is InChI=1S/C12H10F4N4OS/c1-21-10-6(2-3-7(9(10)13)12(14,15)16)4-18-20-11-19-8(17)5-22-11/h2-5H,17H2,1H3,(H,19,20). The van der Waals surface area contributed by atoms with E-state index in [1.807, 2.05) is 0 Å². The Kier molecular flexibility index (Phi) is 4.50. The second-order valence-electron chi connectivity index (χ2n) is 3.99. The van der Waals surface area contributed by atoms with Gasteiger partial charge in [-0.2, -0.15) is 18.3 Å². The Hall–Kier alpha value is -2.36. The summed E-state index contributed by atoms with van der Waals surface area (Å²) < 4.78 is 56.4. The summed E-state index contributed by atoms with van der Waals surface area (Å²) in [6, 6.07) is 1.69. The van der Waals surface area contributed by atoms with Gasteiger partial charge in [0.1, 0.15) is 5.82 Å². The van der Waals surface area contributed by atoms with Gasteiger partial charge in [-0.25, -0.2) is 9.37 Å².